The van der Waals surface area contributed by atoms with Crippen molar-refractivity contribution >= 4 is 28.2 Å². The lowest BCUT2D eigenvalue weighted by Gasteiger charge is -2.06. The second-order valence-corrected chi connectivity index (χ2v) is 6.32. The lowest BCUT2D eigenvalue weighted by molar-refractivity contribution is 0.100. The normalized spacial score (nSPS) is 10.3. The van der Waals surface area contributed by atoms with Gasteiger partial charge in [0.15, 0.2) is 0 Å². The third kappa shape index (κ3) is 3.70. The van der Waals surface area contributed by atoms with Crippen molar-refractivity contribution in [1.82, 2.24) is 0 Å². The molecule has 0 aliphatic rings. The molecule has 0 atom stereocenters. The van der Waals surface area contributed by atoms with Crippen LogP contribution in [0.5, 0.6) is 5.75 Å². The Morgan fingerprint density at radius 3 is 2.48 bits per heavy atom. The molecule has 0 saturated heterocycles. The average Bonchev–Trinajstić information content (AvgIpc) is 3.06. The largest absolute Gasteiger partial charge is 0.497 e. The zero-order valence-corrected chi connectivity index (χ0v) is 14.3. The summed E-state index contributed by atoms with van der Waals surface area (Å²) in [7, 11) is 1.54. The summed E-state index contributed by atoms with van der Waals surface area (Å²) in [6, 6.07) is 18.1. The van der Waals surface area contributed by atoms with Crippen molar-refractivity contribution in [3.63, 3.8) is 0 Å². The first-order valence-electron chi connectivity index (χ1n) is 7.53. The SMILES string of the molecule is COc1cccc(C(=O)Nc2sc(-c3ccccc3)cc2C(N)=O)c1. The van der Waals surface area contributed by atoms with Crippen molar-refractivity contribution in [3.05, 3.63) is 71.8 Å². The van der Waals surface area contributed by atoms with Crippen molar-refractivity contribution in [3.8, 4) is 16.2 Å². The Hall–Kier alpha value is -3.12. The highest BCUT2D eigenvalue weighted by Gasteiger charge is 2.17. The summed E-state index contributed by atoms with van der Waals surface area (Å²) in [4.78, 5) is 25.1. The van der Waals surface area contributed by atoms with Crippen LogP contribution in [0, 0.1) is 0 Å². The van der Waals surface area contributed by atoms with E-state index in [1.165, 1.54) is 18.4 Å². The van der Waals surface area contributed by atoms with Crippen molar-refractivity contribution in [2.75, 3.05) is 12.4 Å². The molecule has 25 heavy (non-hydrogen) atoms. The fraction of sp³-hybridized carbons (Fsp3) is 0.0526. The summed E-state index contributed by atoms with van der Waals surface area (Å²) in [6.45, 7) is 0. The molecule has 1 aromatic heterocycles. The predicted molar refractivity (Wildman–Crippen MR) is 99.2 cm³/mol. The van der Waals surface area contributed by atoms with Gasteiger partial charge in [-0.15, -0.1) is 11.3 Å². The van der Waals surface area contributed by atoms with Crippen LogP contribution in [0.3, 0.4) is 0 Å². The minimum absolute atomic E-state index is 0.292. The van der Waals surface area contributed by atoms with E-state index in [-0.39, 0.29) is 5.91 Å². The zero-order chi connectivity index (χ0) is 17.8. The second kappa shape index (κ2) is 7.19. The molecule has 3 aromatic rings. The van der Waals surface area contributed by atoms with E-state index >= 15 is 0 Å². The summed E-state index contributed by atoms with van der Waals surface area (Å²) in [5.41, 5.74) is 7.14. The number of nitrogens with two attached hydrogens (primary N) is 1. The van der Waals surface area contributed by atoms with Crippen molar-refractivity contribution in [2.24, 2.45) is 5.73 Å². The Labute approximate surface area is 149 Å². The zero-order valence-electron chi connectivity index (χ0n) is 13.5. The molecule has 0 aliphatic heterocycles. The van der Waals surface area contributed by atoms with Crippen LogP contribution >= 0.6 is 11.3 Å². The predicted octanol–water partition coefficient (Wildman–Crippen LogP) is 3.77. The lowest BCUT2D eigenvalue weighted by Crippen LogP contribution is -2.16. The highest BCUT2D eigenvalue weighted by Crippen LogP contribution is 2.35. The number of carbonyl (C=O) groups excluding carboxylic acids is 2. The first-order valence-corrected chi connectivity index (χ1v) is 8.34. The smallest absolute Gasteiger partial charge is 0.256 e. The van der Waals surface area contributed by atoms with Gasteiger partial charge in [-0.25, -0.2) is 0 Å². The van der Waals surface area contributed by atoms with E-state index in [0.29, 0.717) is 21.9 Å². The average molecular weight is 352 g/mol. The van der Waals surface area contributed by atoms with E-state index in [0.717, 1.165) is 10.4 Å². The number of rotatable bonds is 5. The third-order valence-electron chi connectivity index (χ3n) is 3.61. The summed E-state index contributed by atoms with van der Waals surface area (Å²) in [5, 5.41) is 3.20. The number of hydrogen-bond acceptors (Lipinski definition) is 4. The number of methoxy groups -OCH3 is 1. The van der Waals surface area contributed by atoms with Crippen molar-refractivity contribution in [2.45, 2.75) is 0 Å². The van der Waals surface area contributed by atoms with Gasteiger partial charge in [-0.3, -0.25) is 9.59 Å². The van der Waals surface area contributed by atoms with Gasteiger partial charge in [-0.1, -0.05) is 36.4 Å². The maximum Gasteiger partial charge on any atom is 0.256 e. The number of thiophene rings is 1. The highest BCUT2D eigenvalue weighted by molar-refractivity contribution is 7.20. The Kier molecular flexibility index (Phi) is 4.81. The molecule has 0 radical (unpaired) electrons. The second-order valence-electron chi connectivity index (χ2n) is 5.27. The van der Waals surface area contributed by atoms with Crippen LogP contribution in [0.1, 0.15) is 20.7 Å². The Morgan fingerprint density at radius 2 is 1.80 bits per heavy atom. The molecule has 2 amide bonds. The molecule has 0 saturated carbocycles. The minimum atomic E-state index is -0.584. The molecule has 2 aromatic carbocycles. The quantitative estimate of drug-likeness (QED) is 0.733. The number of carbonyl (C=O) groups is 2. The van der Waals surface area contributed by atoms with E-state index in [1.54, 1.807) is 30.3 Å². The van der Waals surface area contributed by atoms with E-state index in [1.807, 2.05) is 30.3 Å². The van der Waals surface area contributed by atoms with Gasteiger partial charge in [0.2, 0.25) is 0 Å². The molecule has 126 valence electrons. The fourth-order valence-electron chi connectivity index (χ4n) is 2.35. The van der Waals surface area contributed by atoms with Gasteiger partial charge >= 0.3 is 0 Å². The van der Waals surface area contributed by atoms with Gasteiger partial charge in [-0.05, 0) is 29.8 Å². The highest BCUT2D eigenvalue weighted by atomic mass is 32.1. The van der Waals surface area contributed by atoms with Crippen molar-refractivity contribution in [1.29, 1.82) is 0 Å². The summed E-state index contributed by atoms with van der Waals surface area (Å²) in [6.07, 6.45) is 0. The molecule has 3 rings (SSSR count). The van der Waals surface area contributed by atoms with Gasteiger partial charge in [-0.2, -0.15) is 0 Å². The molecule has 1 heterocycles. The Balaban J connectivity index is 1.92. The molecule has 0 bridgehead atoms. The minimum Gasteiger partial charge on any atom is -0.497 e. The first-order chi connectivity index (χ1) is 12.1. The van der Waals surface area contributed by atoms with E-state index in [2.05, 4.69) is 5.32 Å². The van der Waals surface area contributed by atoms with Gasteiger partial charge in [0.25, 0.3) is 11.8 Å². The van der Waals surface area contributed by atoms with E-state index in [9.17, 15) is 9.59 Å². The van der Waals surface area contributed by atoms with Crippen LogP contribution in [0.2, 0.25) is 0 Å². The summed E-state index contributed by atoms with van der Waals surface area (Å²) >= 11 is 1.31. The number of benzene rings is 2. The Morgan fingerprint density at radius 1 is 1.04 bits per heavy atom. The number of anilines is 1. The van der Waals surface area contributed by atoms with Gasteiger partial charge in [0, 0.05) is 10.4 Å². The summed E-state index contributed by atoms with van der Waals surface area (Å²) < 4.78 is 5.13. The monoisotopic (exact) mass is 352 g/mol. The third-order valence-corrected chi connectivity index (χ3v) is 4.71. The fourth-order valence-corrected chi connectivity index (χ4v) is 3.42. The molecular formula is C19H16N2O3S. The summed E-state index contributed by atoms with van der Waals surface area (Å²) in [5.74, 6) is -0.332. The molecule has 5 nitrogen and oxygen atoms in total. The Bertz CT molecular complexity index is 919. The van der Waals surface area contributed by atoms with Gasteiger partial charge in [0.1, 0.15) is 10.8 Å². The van der Waals surface area contributed by atoms with Crippen LogP contribution in [-0.4, -0.2) is 18.9 Å². The van der Waals surface area contributed by atoms with Gasteiger partial charge in [0.05, 0.1) is 12.7 Å². The standard InChI is InChI=1S/C19H16N2O3S/c1-24-14-9-5-8-13(10-14)18(23)21-19-15(17(20)22)11-16(25-19)12-6-3-2-4-7-12/h2-11H,1H3,(H2,20,22)(H,21,23). The first kappa shape index (κ1) is 16.7. The maximum atomic E-state index is 12.5. The number of primary amides is 1. The molecular weight excluding hydrogens is 336 g/mol. The number of nitrogens with one attached hydrogen (secondary N) is 1. The lowest BCUT2D eigenvalue weighted by atomic mass is 10.1. The van der Waals surface area contributed by atoms with Gasteiger partial charge < -0.3 is 15.8 Å². The molecule has 0 aliphatic carbocycles. The number of hydrogen-bond donors (Lipinski definition) is 2. The van der Waals surface area contributed by atoms with Crippen LogP contribution in [0.15, 0.2) is 60.7 Å². The van der Waals surface area contributed by atoms with E-state index < -0.39 is 5.91 Å². The van der Waals surface area contributed by atoms with Crippen LogP contribution in [0.4, 0.5) is 5.00 Å². The van der Waals surface area contributed by atoms with Crippen LogP contribution < -0.4 is 15.8 Å². The number of ether oxygens (including phenoxy) is 1. The van der Waals surface area contributed by atoms with Crippen molar-refractivity contribution < 1.29 is 14.3 Å². The van der Waals surface area contributed by atoms with E-state index in [4.69, 9.17) is 10.5 Å². The molecule has 6 heteroatoms. The number of amides is 2. The molecule has 0 spiro atoms. The molecule has 0 unspecified atom stereocenters. The molecule has 0 fully saturated rings. The maximum absolute atomic E-state index is 12.5. The van der Waals surface area contributed by atoms with Crippen LogP contribution in [0.25, 0.3) is 10.4 Å². The molecule has 3 N–H and O–H groups in total. The topological polar surface area (TPSA) is 81.4 Å². The van der Waals surface area contributed by atoms with Crippen LogP contribution in [-0.2, 0) is 0 Å².